The summed E-state index contributed by atoms with van der Waals surface area (Å²) in [5, 5.41) is 2.46. The second kappa shape index (κ2) is 4.45. The lowest BCUT2D eigenvalue weighted by Gasteiger charge is -2.09. The van der Waals surface area contributed by atoms with Crippen molar-refractivity contribution in [3.8, 4) is 0 Å². The van der Waals surface area contributed by atoms with E-state index >= 15 is 0 Å². The molecule has 1 atom stereocenters. The fourth-order valence-electron chi connectivity index (χ4n) is 1.51. The number of thioether (sulfide) groups is 1. The third-order valence-corrected chi connectivity index (χ3v) is 3.63. The quantitative estimate of drug-likeness (QED) is 0.748. The Balaban J connectivity index is 2.19. The Morgan fingerprint density at radius 1 is 1.40 bits per heavy atom. The number of benzene rings is 1. The SMILES string of the molecule is CC1CN(C)C(=Nc2ccc(Cl)cc2)S1. The molecule has 15 heavy (non-hydrogen) atoms. The predicted octanol–water partition coefficient (Wildman–Crippen LogP) is 3.39. The van der Waals surface area contributed by atoms with Gasteiger partial charge in [-0.1, -0.05) is 30.3 Å². The van der Waals surface area contributed by atoms with Crippen LogP contribution in [0.2, 0.25) is 5.02 Å². The summed E-state index contributed by atoms with van der Waals surface area (Å²) in [4.78, 5) is 6.76. The molecule has 0 spiro atoms. The smallest absolute Gasteiger partial charge is 0.164 e. The standard InChI is InChI=1S/C11H13ClN2S/c1-8-7-14(2)11(15-8)13-10-5-3-9(12)4-6-10/h3-6,8H,7H2,1-2H3. The maximum atomic E-state index is 5.82. The summed E-state index contributed by atoms with van der Waals surface area (Å²) in [6.07, 6.45) is 0. The average Bonchev–Trinajstić information content (AvgIpc) is 2.49. The molecular weight excluding hydrogens is 228 g/mol. The first kappa shape index (κ1) is 10.8. The molecule has 2 rings (SSSR count). The van der Waals surface area contributed by atoms with E-state index in [4.69, 9.17) is 11.6 Å². The van der Waals surface area contributed by atoms with Crippen LogP contribution in [0.15, 0.2) is 29.3 Å². The van der Waals surface area contributed by atoms with Crippen LogP contribution in [-0.2, 0) is 0 Å². The molecule has 0 aliphatic carbocycles. The number of nitrogens with zero attached hydrogens (tertiary/aromatic N) is 2. The third-order valence-electron chi connectivity index (χ3n) is 2.22. The lowest BCUT2D eigenvalue weighted by molar-refractivity contribution is 0.533. The van der Waals surface area contributed by atoms with Gasteiger partial charge in [0.15, 0.2) is 5.17 Å². The van der Waals surface area contributed by atoms with Crippen LogP contribution < -0.4 is 0 Å². The van der Waals surface area contributed by atoms with Gasteiger partial charge < -0.3 is 4.90 Å². The van der Waals surface area contributed by atoms with Gasteiger partial charge >= 0.3 is 0 Å². The Morgan fingerprint density at radius 2 is 2.07 bits per heavy atom. The summed E-state index contributed by atoms with van der Waals surface area (Å²) in [7, 11) is 2.07. The monoisotopic (exact) mass is 240 g/mol. The van der Waals surface area contributed by atoms with Crippen molar-refractivity contribution in [3.63, 3.8) is 0 Å². The van der Waals surface area contributed by atoms with Crippen LogP contribution in [0.25, 0.3) is 0 Å². The van der Waals surface area contributed by atoms with E-state index in [1.807, 2.05) is 36.0 Å². The normalized spacial score (nSPS) is 23.8. The Morgan fingerprint density at radius 3 is 2.60 bits per heavy atom. The Labute approximate surface area is 99.3 Å². The molecule has 0 radical (unpaired) electrons. The van der Waals surface area contributed by atoms with Crippen LogP contribution in [0, 0.1) is 0 Å². The molecule has 1 aromatic carbocycles. The van der Waals surface area contributed by atoms with Gasteiger partial charge in [0.05, 0.1) is 5.69 Å². The highest BCUT2D eigenvalue weighted by atomic mass is 35.5. The minimum absolute atomic E-state index is 0.626. The summed E-state index contributed by atoms with van der Waals surface area (Å²) in [5.41, 5.74) is 0.961. The molecule has 0 aromatic heterocycles. The Bertz CT molecular complexity index is 375. The van der Waals surface area contributed by atoms with Crippen LogP contribution >= 0.6 is 23.4 Å². The molecule has 0 amide bonds. The number of aliphatic imine (C=N–C) groups is 1. The molecule has 1 saturated heterocycles. The highest BCUT2D eigenvalue weighted by molar-refractivity contribution is 8.14. The molecule has 4 heteroatoms. The Hall–Kier alpha value is -0.670. The third kappa shape index (κ3) is 2.67. The first-order valence-corrected chi connectivity index (χ1v) is 6.13. The fraction of sp³-hybridized carbons (Fsp3) is 0.364. The van der Waals surface area contributed by atoms with E-state index < -0.39 is 0 Å². The van der Waals surface area contributed by atoms with E-state index in [0.717, 1.165) is 22.4 Å². The van der Waals surface area contributed by atoms with Crippen LogP contribution in [-0.4, -0.2) is 28.9 Å². The molecule has 1 unspecified atom stereocenters. The topological polar surface area (TPSA) is 15.6 Å². The molecule has 1 aromatic rings. The van der Waals surface area contributed by atoms with Crippen molar-refractivity contribution in [1.82, 2.24) is 4.90 Å². The molecule has 0 N–H and O–H groups in total. The molecule has 0 saturated carbocycles. The molecule has 1 aliphatic rings. The van der Waals surface area contributed by atoms with E-state index in [2.05, 4.69) is 23.9 Å². The number of amidine groups is 1. The van der Waals surface area contributed by atoms with Crippen molar-refractivity contribution in [2.75, 3.05) is 13.6 Å². The second-order valence-electron chi connectivity index (χ2n) is 3.68. The van der Waals surface area contributed by atoms with Gasteiger partial charge in [0.2, 0.25) is 0 Å². The van der Waals surface area contributed by atoms with E-state index in [1.54, 1.807) is 0 Å². The van der Waals surface area contributed by atoms with Crippen LogP contribution in [0.5, 0.6) is 0 Å². The maximum Gasteiger partial charge on any atom is 0.164 e. The van der Waals surface area contributed by atoms with Gasteiger partial charge in [-0.15, -0.1) is 0 Å². The van der Waals surface area contributed by atoms with Crippen molar-refractivity contribution in [1.29, 1.82) is 0 Å². The number of hydrogen-bond donors (Lipinski definition) is 0. The predicted molar refractivity (Wildman–Crippen MR) is 68.2 cm³/mol. The molecule has 0 bridgehead atoms. The molecule has 1 heterocycles. The van der Waals surface area contributed by atoms with Gasteiger partial charge in [-0.05, 0) is 24.3 Å². The van der Waals surface area contributed by atoms with Gasteiger partial charge in [-0.3, -0.25) is 0 Å². The maximum absolute atomic E-state index is 5.82. The number of rotatable bonds is 1. The van der Waals surface area contributed by atoms with Crippen LogP contribution in [0.3, 0.4) is 0 Å². The number of hydrogen-bond acceptors (Lipinski definition) is 2. The second-order valence-corrected chi connectivity index (χ2v) is 5.52. The zero-order chi connectivity index (χ0) is 10.8. The zero-order valence-corrected chi connectivity index (χ0v) is 10.3. The minimum Gasteiger partial charge on any atom is -0.353 e. The summed E-state index contributed by atoms with van der Waals surface area (Å²) < 4.78 is 0. The van der Waals surface area contributed by atoms with Crippen LogP contribution in [0.1, 0.15) is 6.92 Å². The summed E-state index contributed by atoms with van der Waals surface area (Å²) in [6, 6.07) is 7.60. The van der Waals surface area contributed by atoms with Gasteiger partial charge in [0.1, 0.15) is 0 Å². The molecule has 80 valence electrons. The molecule has 2 nitrogen and oxygen atoms in total. The van der Waals surface area contributed by atoms with Crippen molar-refractivity contribution >= 4 is 34.2 Å². The summed E-state index contributed by atoms with van der Waals surface area (Å²) >= 11 is 7.63. The van der Waals surface area contributed by atoms with Crippen molar-refractivity contribution in [2.24, 2.45) is 4.99 Å². The van der Waals surface area contributed by atoms with Crippen molar-refractivity contribution < 1.29 is 0 Å². The molecule has 1 aliphatic heterocycles. The van der Waals surface area contributed by atoms with E-state index in [-0.39, 0.29) is 0 Å². The first-order chi connectivity index (χ1) is 7.15. The average molecular weight is 241 g/mol. The first-order valence-electron chi connectivity index (χ1n) is 4.87. The summed E-state index contributed by atoms with van der Waals surface area (Å²) in [5.74, 6) is 0. The van der Waals surface area contributed by atoms with Gasteiger partial charge in [0, 0.05) is 23.9 Å². The van der Waals surface area contributed by atoms with Crippen LogP contribution in [0.4, 0.5) is 5.69 Å². The largest absolute Gasteiger partial charge is 0.353 e. The van der Waals surface area contributed by atoms with Gasteiger partial charge in [-0.2, -0.15) is 0 Å². The molecule has 1 fully saturated rings. The lowest BCUT2D eigenvalue weighted by Crippen LogP contribution is -2.19. The highest BCUT2D eigenvalue weighted by Gasteiger charge is 2.22. The van der Waals surface area contributed by atoms with Gasteiger partial charge in [-0.25, -0.2) is 4.99 Å². The zero-order valence-electron chi connectivity index (χ0n) is 8.77. The van der Waals surface area contributed by atoms with Crippen molar-refractivity contribution in [2.45, 2.75) is 12.2 Å². The Kier molecular flexibility index (Phi) is 3.22. The highest BCUT2D eigenvalue weighted by Crippen LogP contribution is 2.27. The molecular formula is C11H13ClN2S. The fourth-order valence-corrected chi connectivity index (χ4v) is 2.71. The minimum atomic E-state index is 0.626. The number of halogens is 1. The van der Waals surface area contributed by atoms with E-state index in [9.17, 15) is 0 Å². The lowest BCUT2D eigenvalue weighted by atomic mass is 10.3. The van der Waals surface area contributed by atoms with Crippen molar-refractivity contribution in [3.05, 3.63) is 29.3 Å². The van der Waals surface area contributed by atoms with E-state index in [1.165, 1.54) is 0 Å². The van der Waals surface area contributed by atoms with Gasteiger partial charge in [0.25, 0.3) is 0 Å². The van der Waals surface area contributed by atoms with E-state index in [0.29, 0.717) is 5.25 Å². The summed E-state index contributed by atoms with van der Waals surface area (Å²) in [6.45, 7) is 3.28.